The van der Waals surface area contributed by atoms with Crippen LogP contribution in [-0.4, -0.2) is 43.2 Å². The predicted octanol–water partition coefficient (Wildman–Crippen LogP) is 2.77. The molecule has 0 amide bonds. The summed E-state index contributed by atoms with van der Waals surface area (Å²) in [5.74, 6) is 1.76. The van der Waals surface area contributed by atoms with E-state index in [1.54, 1.807) is 0 Å². The van der Waals surface area contributed by atoms with E-state index in [9.17, 15) is 0 Å². The van der Waals surface area contributed by atoms with E-state index in [2.05, 4.69) is 34.5 Å². The first-order chi connectivity index (χ1) is 10.4. The maximum absolute atomic E-state index is 5.80. The van der Waals surface area contributed by atoms with Crippen LogP contribution in [0.3, 0.4) is 0 Å². The number of benzene rings is 1. The normalized spacial score (nSPS) is 29.1. The molecule has 0 aromatic heterocycles. The minimum atomic E-state index is 0.650. The first-order valence-electron chi connectivity index (χ1n) is 8.59. The van der Waals surface area contributed by atoms with E-state index in [4.69, 9.17) is 4.74 Å². The van der Waals surface area contributed by atoms with Gasteiger partial charge in [0.2, 0.25) is 0 Å². The Morgan fingerprint density at radius 3 is 2.95 bits per heavy atom. The Bertz CT molecular complexity index is 486. The molecule has 4 rings (SSSR count). The average molecular weight is 286 g/mol. The van der Waals surface area contributed by atoms with Crippen LogP contribution in [0.25, 0.3) is 0 Å². The summed E-state index contributed by atoms with van der Waals surface area (Å²) in [7, 11) is 0. The quantitative estimate of drug-likeness (QED) is 0.901. The molecular formula is C18H26N2O. The highest BCUT2D eigenvalue weighted by Gasteiger charge is 2.31. The van der Waals surface area contributed by atoms with E-state index in [1.165, 1.54) is 50.9 Å². The first kappa shape index (κ1) is 13.6. The Labute approximate surface area is 127 Å². The molecule has 2 heterocycles. The maximum Gasteiger partial charge on any atom is 0.122 e. The summed E-state index contributed by atoms with van der Waals surface area (Å²) in [6, 6.07) is 10.2. The minimum Gasteiger partial charge on any atom is -0.493 e. The third kappa shape index (κ3) is 3.09. The number of para-hydroxylation sites is 1. The number of fused-ring (bicyclic) bond motifs is 1. The van der Waals surface area contributed by atoms with Gasteiger partial charge in [0.05, 0.1) is 6.61 Å². The molecule has 1 saturated carbocycles. The number of hydrogen-bond donors (Lipinski definition) is 1. The molecule has 3 nitrogen and oxygen atoms in total. The van der Waals surface area contributed by atoms with Gasteiger partial charge in [-0.3, -0.25) is 4.90 Å². The van der Waals surface area contributed by atoms with Gasteiger partial charge < -0.3 is 10.1 Å². The number of rotatable bonds is 5. The van der Waals surface area contributed by atoms with Gasteiger partial charge in [0, 0.05) is 31.1 Å². The lowest BCUT2D eigenvalue weighted by Gasteiger charge is -2.32. The lowest BCUT2D eigenvalue weighted by atomic mass is 9.92. The zero-order valence-corrected chi connectivity index (χ0v) is 12.8. The van der Waals surface area contributed by atoms with Crippen molar-refractivity contribution in [3.63, 3.8) is 0 Å². The molecule has 2 atom stereocenters. The molecule has 0 spiro atoms. The van der Waals surface area contributed by atoms with Gasteiger partial charge >= 0.3 is 0 Å². The second-order valence-electron chi connectivity index (χ2n) is 6.85. The second-order valence-corrected chi connectivity index (χ2v) is 6.85. The molecule has 114 valence electrons. The van der Waals surface area contributed by atoms with Crippen LogP contribution >= 0.6 is 0 Å². The molecule has 1 saturated heterocycles. The van der Waals surface area contributed by atoms with Crippen molar-refractivity contribution >= 4 is 0 Å². The third-order valence-corrected chi connectivity index (χ3v) is 5.26. The molecule has 3 aliphatic rings. The van der Waals surface area contributed by atoms with Gasteiger partial charge in [-0.2, -0.15) is 0 Å². The number of likely N-dealkylation sites (tertiary alicyclic amines) is 1. The lowest BCUT2D eigenvalue weighted by molar-refractivity contribution is 0.197. The number of hydrogen-bond acceptors (Lipinski definition) is 3. The fourth-order valence-corrected chi connectivity index (χ4v) is 3.85. The topological polar surface area (TPSA) is 24.5 Å². The SMILES string of the molecule is c1ccc2c(c1)OCCC2CN1CCCC1CNC1CC1. The van der Waals surface area contributed by atoms with Crippen LogP contribution < -0.4 is 10.1 Å². The van der Waals surface area contributed by atoms with Crippen LogP contribution in [0.5, 0.6) is 5.75 Å². The number of nitrogens with one attached hydrogen (secondary N) is 1. The molecule has 21 heavy (non-hydrogen) atoms. The van der Waals surface area contributed by atoms with Gasteiger partial charge in [0.1, 0.15) is 5.75 Å². The van der Waals surface area contributed by atoms with Crippen molar-refractivity contribution in [2.75, 3.05) is 26.2 Å². The Balaban J connectivity index is 1.40. The summed E-state index contributed by atoms with van der Waals surface area (Å²) in [5.41, 5.74) is 1.42. The van der Waals surface area contributed by atoms with E-state index in [0.717, 1.165) is 30.9 Å². The molecule has 1 aromatic rings. The van der Waals surface area contributed by atoms with Crippen LogP contribution in [-0.2, 0) is 0 Å². The van der Waals surface area contributed by atoms with E-state index < -0.39 is 0 Å². The predicted molar refractivity (Wildman–Crippen MR) is 84.9 cm³/mol. The van der Waals surface area contributed by atoms with E-state index >= 15 is 0 Å². The Morgan fingerprint density at radius 1 is 1.14 bits per heavy atom. The largest absolute Gasteiger partial charge is 0.493 e. The van der Waals surface area contributed by atoms with Crippen molar-refractivity contribution < 1.29 is 4.74 Å². The monoisotopic (exact) mass is 286 g/mol. The van der Waals surface area contributed by atoms with Crippen molar-refractivity contribution in [1.29, 1.82) is 0 Å². The second kappa shape index (κ2) is 5.98. The van der Waals surface area contributed by atoms with Crippen LogP contribution in [0.2, 0.25) is 0 Å². The maximum atomic E-state index is 5.80. The molecule has 1 aromatic carbocycles. The zero-order chi connectivity index (χ0) is 14.1. The van der Waals surface area contributed by atoms with Crippen molar-refractivity contribution in [2.45, 2.75) is 50.1 Å². The molecular weight excluding hydrogens is 260 g/mol. The highest BCUT2D eigenvalue weighted by molar-refractivity contribution is 5.38. The molecule has 1 aliphatic carbocycles. The van der Waals surface area contributed by atoms with Crippen molar-refractivity contribution in [3.05, 3.63) is 29.8 Å². The molecule has 0 radical (unpaired) electrons. The number of nitrogens with zero attached hydrogens (tertiary/aromatic N) is 1. The Hall–Kier alpha value is -1.06. The van der Waals surface area contributed by atoms with Crippen molar-refractivity contribution in [3.8, 4) is 5.75 Å². The highest BCUT2D eigenvalue weighted by atomic mass is 16.5. The Morgan fingerprint density at radius 2 is 2.05 bits per heavy atom. The van der Waals surface area contributed by atoms with Crippen LogP contribution in [0.4, 0.5) is 0 Å². The molecule has 3 heteroatoms. The lowest BCUT2D eigenvalue weighted by Crippen LogP contribution is -2.41. The summed E-state index contributed by atoms with van der Waals surface area (Å²) in [4.78, 5) is 2.72. The van der Waals surface area contributed by atoms with Crippen molar-refractivity contribution in [2.24, 2.45) is 0 Å². The highest BCUT2D eigenvalue weighted by Crippen LogP contribution is 2.35. The van der Waals surface area contributed by atoms with E-state index in [-0.39, 0.29) is 0 Å². The number of ether oxygens (including phenoxy) is 1. The standard InChI is InChI=1S/C18H26N2O/c1-2-6-18-17(5-1)14(9-11-21-18)13-20-10-3-4-16(20)12-19-15-7-8-15/h1-2,5-6,14-16,19H,3-4,7-13H2. The van der Waals surface area contributed by atoms with Crippen LogP contribution in [0, 0.1) is 0 Å². The molecule has 2 unspecified atom stereocenters. The van der Waals surface area contributed by atoms with E-state index in [1.807, 2.05) is 0 Å². The zero-order valence-electron chi connectivity index (χ0n) is 12.8. The molecule has 2 aliphatic heterocycles. The van der Waals surface area contributed by atoms with Gasteiger partial charge in [-0.15, -0.1) is 0 Å². The third-order valence-electron chi connectivity index (χ3n) is 5.26. The van der Waals surface area contributed by atoms with Gasteiger partial charge in [0.25, 0.3) is 0 Å². The smallest absolute Gasteiger partial charge is 0.122 e. The summed E-state index contributed by atoms with van der Waals surface area (Å²) in [6.07, 6.45) is 6.67. The summed E-state index contributed by atoms with van der Waals surface area (Å²) >= 11 is 0. The van der Waals surface area contributed by atoms with Crippen LogP contribution in [0.1, 0.15) is 43.6 Å². The Kier molecular flexibility index (Phi) is 3.87. The van der Waals surface area contributed by atoms with Gasteiger partial charge in [0.15, 0.2) is 0 Å². The van der Waals surface area contributed by atoms with Gasteiger partial charge in [-0.1, -0.05) is 18.2 Å². The minimum absolute atomic E-state index is 0.650. The van der Waals surface area contributed by atoms with Crippen LogP contribution in [0.15, 0.2) is 24.3 Å². The van der Waals surface area contributed by atoms with Crippen molar-refractivity contribution in [1.82, 2.24) is 10.2 Å². The van der Waals surface area contributed by atoms with Gasteiger partial charge in [-0.05, 0) is 50.3 Å². The molecule has 1 N–H and O–H groups in total. The summed E-state index contributed by atoms with van der Waals surface area (Å²) in [6.45, 7) is 4.55. The fraction of sp³-hybridized carbons (Fsp3) is 0.667. The molecule has 2 fully saturated rings. The summed E-state index contributed by atoms with van der Waals surface area (Å²) < 4.78 is 5.80. The molecule has 0 bridgehead atoms. The first-order valence-corrected chi connectivity index (χ1v) is 8.59. The summed E-state index contributed by atoms with van der Waals surface area (Å²) in [5, 5.41) is 3.72. The fourth-order valence-electron chi connectivity index (χ4n) is 3.85. The van der Waals surface area contributed by atoms with Gasteiger partial charge in [-0.25, -0.2) is 0 Å². The average Bonchev–Trinajstić information content (AvgIpc) is 3.25. The van der Waals surface area contributed by atoms with E-state index in [0.29, 0.717) is 5.92 Å².